The van der Waals surface area contributed by atoms with Crippen molar-refractivity contribution in [2.24, 2.45) is 5.92 Å². The van der Waals surface area contributed by atoms with Gasteiger partial charge in [0.15, 0.2) is 0 Å². The Bertz CT molecular complexity index is 766. The molecule has 1 aliphatic heterocycles. The maximum atomic E-state index is 13.5. The van der Waals surface area contributed by atoms with Gasteiger partial charge < -0.3 is 14.9 Å². The van der Waals surface area contributed by atoms with Gasteiger partial charge >= 0.3 is 6.03 Å². The lowest BCUT2D eigenvalue weighted by Crippen LogP contribution is -2.50. The van der Waals surface area contributed by atoms with Crippen molar-refractivity contribution in [3.05, 3.63) is 71.3 Å². The van der Waals surface area contributed by atoms with E-state index in [0.717, 1.165) is 0 Å². The number of likely N-dealkylation sites (tertiary alicyclic amines) is 1. The molecule has 3 rings (SSSR count). The topological polar surface area (TPSA) is 43.8 Å². The minimum absolute atomic E-state index is 0.0144. The number of carbonyl (C=O) groups is 1. The Hall–Kier alpha value is -2.47. The lowest BCUT2D eigenvalue weighted by atomic mass is 9.72. The highest BCUT2D eigenvalue weighted by molar-refractivity contribution is 5.74. The third-order valence-electron chi connectivity index (χ3n) is 5.96. The van der Waals surface area contributed by atoms with Gasteiger partial charge in [0, 0.05) is 26.2 Å². The van der Waals surface area contributed by atoms with Gasteiger partial charge in [0.25, 0.3) is 0 Å². The van der Waals surface area contributed by atoms with Crippen LogP contribution in [0.2, 0.25) is 0 Å². The van der Waals surface area contributed by atoms with Crippen LogP contribution in [-0.4, -0.2) is 47.1 Å². The summed E-state index contributed by atoms with van der Waals surface area (Å²) in [7, 11) is 0. The molecule has 0 radical (unpaired) electrons. The molecule has 2 amide bonds. The first-order valence-electron chi connectivity index (χ1n) is 10.2. The molecule has 0 aromatic heterocycles. The number of aliphatic hydroxyl groups is 1. The number of halogens is 2. The fraction of sp³-hybridized carbons (Fsp3) is 0.435. The van der Waals surface area contributed by atoms with Crippen LogP contribution in [0.15, 0.2) is 48.5 Å². The van der Waals surface area contributed by atoms with Crippen molar-refractivity contribution in [3.63, 3.8) is 0 Å². The molecule has 2 aromatic carbocycles. The summed E-state index contributed by atoms with van der Waals surface area (Å²) >= 11 is 0. The maximum Gasteiger partial charge on any atom is 0.319 e. The highest BCUT2D eigenvalue weighted by atomic mass is 19.1. The van der Waals surface area contributed by atoms with Crippen LogP contribution in [0.5, 0.6) is 0 Å². The molecule has 2 aromatic rings. The highest BCUT2D eigenvalue weighted by Crippen LogP contribution is 2.42. The molecule has 1 fully saturated rings. The Morgan fingerprint density at radius 3 is 1.76 bits per heavy atom. The fourth-order valence-corrected chi connectivity index (χ4v) is 4.23. The summed E-state index contributed by atoms with van der Waals surface area (Å²) in [6.07, 6.45) is 1.19. The molecule has 1 N–H and O–H groups in total. The molecule has 1 aliphatic rings. The summed E-state index contributed by atoms with van der Waals surface area (Å²) in [5.41, 5.74) is -0.246. The summed E-state index contributed by atoms with van der Waals surface area (Å²) < 4.78 is 27.0. The van der Waals surface area contributed by atoms with E-state index < -0.39 is 5.60 Å². The van der Waals surface area contributed by atoms with E-state index in [0.29, 0.717) is 50.1 Å². The first kappa shape index (κ1) is 21.2. The minimum Gasteiger partial charge on any atom is -0.380 e. The molecule has 29 heavy (non-hydrogen) atoms. The molecule has 0 aliphatic carbocycles. The van der Waals surface area contributed by atoms with Crippen LogP contribution >= 0.6 is 0 Å². The lowest BCUT2D eigenvalue weighted by Gasteiger charge is -2.43. The van der Waals surface area contributed by atoms with Crippen LogP contribution in [0.3, 0.4) is 0 Å². The summed E-state index contributed by atoms with van der Waals surface area (Å²) in [5, 5.41) is 11.8. The van der Waals surface area contributed by atoms with Crippen molar-refractivity contribution >= 4 is 6.03 Å². The summed E-state index contributed by atoms with van der Waals surface area (Å²) in [5.74, 6) is -0.941. The van der Waals surface area contributed by atoms with E-state index in [9.17, 15) is 18.7 Å². The van der Waals surface area contributed by atoms with Crippen LogP contribution in [0.4, 0.5) is 13.6 Å². The molecule has 0 spiro atoms. The van der Waals surface area contributed by atoms with Gasteiger partial charge in [-0.2, -0.15) is 0 Å². The maximum absolute atomic E-state index is 13.5. The Labute approximate surface area is 170 Å². The number of carbonyl (C=O) groups excluding carboxylic acids is 1. The van der Waals surface area contributed by atoms with Gasteiger partial charge in [-0.3, -0.25) is 0 Å². The standard InChI is InChI=1S/C23H28F2N2O2/c1-3-26(4-2)22(28)27-15-13-19(14-16-27)23(29,17-5-9-20(24)10-6-17)18-7-11-21(25)12-8-18/h5-12,19,29H,3-4,13-16H2,1-2H3. The van der Waals surface area contributed by atoms with Crippen molar-refractivity contribution in [2.45, 2.75) is 32.3 Å². The van der Waals surface area contributed by atoms with Crippen LogP contribution in [-0.2, 0) is 5.60 Å². The molecular formula is C23H28F2N2O2. The number of piperidine rings is 1. The smallest absolute Gasteiger partial charge is 0.319 e. The third-order valence-corrected chi connectivity index (χ3v) is 5.96. The molecule has 0 unspecified atom stereocenters. The van der Waals surface area contributed by atoms with E-state index in [1.807, 2.05) is 18.7 Å². The number of rotatable bonds is 5. The molecule has 1 heterocycles. The van der Waals surface area contributed by atoms with Gasteiger partial charge in [-0.25, -0.2) is 13.6 Å². The number of hydrogen-bond donors (Lipinski definition) is 1. The molecule has 0 bridgehead atoms. The first-order chi connectivity index (χ1) is 13.9. The monoisotopic (exact) mass is 402 g/mol. The lowest BCUT2D eigenvalue weighted by molar-refractivity contribution is -0.0110. The Morgan fingerprint density at radius 1 is 0.966 bits per heavy atom. The van der Waals surface area contributed by atoms with Crippen LogP contribution in [0.25, 0.3) is 0 Å². The average molecular weight is 402 g/mol. The van der Waals surface area contributed by atoms with E-state index >= 15 is 0 Å². The van der Waals surface area contributed by atoms with Crippen molar-refractivity contribution in [3.8, 4) is 0 Å². The van der Waals surface area contributed by atoms with Crippen LogP contribution < -0.4 is 0 Å². The van der Waals surface area contributed by atoms with Crippen molar-refractivity contribution in [1.29, 1.82) is 0 Å². The van der Waals surface area contributed by atoms with E-state index in [4.69, 9.17) is 0 Å². The molecule has 4 nitrogen and oxygen atoms in total. The van der Waals surface area contributed by atoms with E-state index in [-0.39, 0.29) is 23.6 Å². The van der Waals surface area contributed by atoms with E-state index in [2.05, 4.69) is 0 Å². The van der Waals surface area contributed by atoms with Crippen LogP contribution in [0, 0.1) is 17.6 Å². The minimum atomic E-state index is -1.38. The predicted octanol–water partition coefficient (Wildman–Crippen LogP) is 4.37. The Morgan fingerprint density at radius 2 is 1.38 bits per heavy atom. The van der Waals surface area contributed by atoms with Gasteiger partial charge in [0.2, 0.25) is 0 Å². The summed E-state index contributed by atoms with van der Waals surface area (Å²) in [6.45, 7) is 6.29. The number of amides is 2. The molecular weight excluding hydrogens is 374 g/mol. The third kappa shape index (κ3) is 4.27. The Balaban J connectivity index is 1.87. The van der Waals surface area contributed by atoms with Crippen molar-refractivity contribution in [2.75, 3.05) is 26.2 Å². The van der Waals surface area contributed by atoms with Crippen LogP contribution in [0.1, 0.15) is 37.8 Å². The highest BCUT2D eigenvalue weighted by Gasteiger charge is 2.42. The molecule has 156 valence electrons. The number of hydrogen-bond acceptors (Lipinski definition) is 2. The number of urea groups is 1. The quantitative estimate of drug-likeness (QED) is 0.807. The van der Waals surface area contributed by atoms with Gasteiger partial charge in [-0.1, -0.05) is 24.3 Å². The number of benzene rings is 2. The molecule has 1 saturated heterocycles. The number of nitrogens with zero attached hydrogens (tertiary/aromatic N) is 2. The zero-order valence-corrected chi connectivity index (χ0v) is 16.9. The second-order valence-electron chi connectivity index (χ2n) is 7.50. The summed E-state index contributed by atoms with van der Waals surface area (Å²) in [6, 6.07) is 11.6. The average Bonchev–Trinajstić information content (AvgIpc) is 2.75. The van der Waals surface area contributed by atoms with Gasteiger partial charge in [0.1, 0.15) is 17.2 Å². The fourth-order valence-electron chi connectivity index (χ4n) is 4.23. The molecule has 0 atom stereocenters. The predicted molar refractivity (Wildman–Crippen MR) is 108 cm³/mol. The van der Waals surface area contributed by atoms with E-state index in [1.54, 1.807) is 29.2 Å². The second kappa shape index (κ2) is 8.91. The first-order valence-corrected chi connectivity index (χ1v) is 10.2. The zero-order valence-electron chi connectivity index (χ0n) is 16.9. The molecule has 0 saturated carbocycles. The normalized spacial score (nSPS) is 15.4. The van der Waals surface area contributed by atoms with Gasteiger partial charge in [0.05, 0.1) is 0 Å². The van der Waals surface area contributed by atoms with Gasteiger partial charge in [-0.05, 0) is 68.0 Å². The Kier molecular flexibility index (Phi) is 6.52. The molecule has 6 heteroatoms. The van der Waals surface area contributed by atoms with Crippen molar-refractivity contribution < 1.29 is 18.7 Å². The SMILES string of the molecule is CCN(CC)C(=O)N1CCC(C(O)(c2ccc(F)cc2)c2ccc(F)cc2)CC1. The van der Waals surface area contributed by atoms with Crippen molar-refractivity contribution in [1.82, 2.24) is 9.80 Å². The largest absolute Gasteiger partial charge is 0.380 e. The second-order valence-corrected chi connectivity index (χ2v) is 7.50. The van der Waals surface area contributed by atoms with Gasteiger partial charge in [-0.15, -0.1) is 0 Å². The van der Waals surface area contributed by atoms with E-state index in [1.165, 1.54) is 24.3 Å². The zero-order chi connectivity index (χ0) is 21.0. The summed E-state index contributed by atoms with van der Waals surface area (Å²) in [4.78, 5) is 16.2.